The Labute approximate surface area is 196 Å². The van der Waals surface area contributed by atoms with Gasteiger partial charge in [0.25, 0.3) is 5.91 Å². The van der Waals surface area contributed by atoms with Crippen LogP contribution in [-0.2, 0) is 17.6 Å². The number of hydrogen-bond acceptors (Lipinski definition) is 5. The summed E-state index contributed by atoms with van der Waals surface area (Å²) in [4.78, 5) is 27.2. The van der Waals surface area contributed by atoms with Crippen molar-refractivity contribution >= 4 is 35.2 Å². The molecule has 0 unspecified atom stereocenters. The van der Waals surface area contributed by atoms with Crippen LogP contribution in [0.25, 0.3) is 6.08 Å². The van der Waals surface area contributed by atoms with E-state index in [-0.39, 0.29) is 12.3 Å². The average Bonchev–Trinajstić information content (AvgIpc) is 2.78. The van der Waals surface area contributed by atoms with Gasteiger partial charge in [-0.1, -0.05) is 23.7 Å². The van der Waals surface area contributed by atoms with Crippen molar-refractivity contribution in [2.24, 2.45) is 5.73 Å². The van der Waals surface area contributed by atoms with Crippen LogP contribution in [0.4, 0.5) is 18.9 Å². The maximum absolute atomic E-state index is 13.1. The Morgan fingerprint density at radius 3 is 2.65 bits per heavy atom. The summed E-state index contributed by atoms with van der Waals surface area (Å²) in [6, 6.07) is 11.8. The van der Waals surface area contributed by atoms with E-state index in [0.717, 1.165) is 18.2 Å². The monoisotopic (exact) mass is 491 g/mol. The second-order valence-corrected chi connectivity index (χ2v) is 7.32. The zero-order valence-electron chi connectivity index (χ0n) is 17.3. The fourth-order valence-corrected chi connectivity index (χ4v) is 3.12. The van der Waals surface area contributed by atoms with Crippen LogP contribution in [-0.4, -0.2) is 21.9 Å². The molecule has 0 spiro atoms. The number of benzene rings is 2. The van der Waals surface area contributed by atoms with E-state index in [1.807, 2.05) is 0 Å². The van der Waals surface area contributed by atoms with Gasteiger partial charge in [0.05, 0.1) is 10.7 Å². The number of ether oxygens (including phenoxy) is 1. The zero-order valence-corrected chi connectivity index (χ0v) is 18.0. The van der Waals surface area contributed by atoms with Gasteiger partial charge in [-0.15, -0.1) is 0 Å². The van der Waals surface area contributed by atoms with Gasteiger partial charge in [0.2, 0.25) is 5.91 Å². The fourth-order valence-electron chi connectivity index (χ4n) is 2.86. The van der Waals surface area contributed by atoms with Crippen LogP contribution in [0.15, 0.2) is 60.8 Å². The number of rotatable bonds is 7. The van der Waals surface area contributed by atoms with Crippen molar-refractivity contribution in [3.05, 3.63) is 88.2 Å². The van der Waals surface area contributed by atoms with Gasteiger partial charge in [0, 0.05) is 12.3 Å². The number of phenols is 1. The van der Waals surface area contributed by atoms with Gasteiger partial charge in [-0.3, -0.25) is 14.6 Å². The van der Waals surface area contributed by atoms with Crippen molar-refractivity contribution in [2.45, 2.75) is 12.8 Å². The number of alkyl halides is 3. The molecule has 0 aliphatic heterocycles. The fraction of sp³-hybridized carbons (Fsp3) is 0.0870. The highest BCUT2D eigenvalue weighted by molar-refractivity contribution is 6.31. The Hall–Kier alpha value is -4.05. The Balaban J connectivity index is 1.66. The van der Waals surface area contributed by atoms with Crippen LogP contribution in [0.2, 0.25) is 5.02 Å². The van der Waals surface area contributed by atoms with Crippen LogP contribution in [0.1, 0.15) is 27.2 Å². The first-order chi connectivity index (χ1) is 16.0. The topological polar surface area (TPSA) is 115 Å². The molecule has 0 saturated carbocycles. The number of hydrogen-bond donors (Lipinski definition) is 3. The molecule has 1 aromatic heterocycles. The highest BCUT2D eigenvalue weighted by Crippen LogP contribution is 2.44. The van der Waals surface area contributed by atoms with Crippen LogP contribution in [0.3, 0.4) is 0 Å². The number of carbonyl (C=O) groups excluding carboxylic acids is 2. The summed E-state index contributed by atoms with van der Waals surface area (Å²) in [5.41, 5.74) is 4.69. The maximum atomic E-state index is 13.1. The summed E-state index contributed by atoms with van der Waals surface area (Å²) < 4.78 is 44.8. The van der Waals surface area contributed by atoms with Crippen molar-refractivity contribution in [1.29, 1.82) is 0 Å². The van der Waals surface area contributed by atoms with E-state index in [4.69, 9.17) is 22.1 Å². The van der Waals surface area contributed by atoms with Crippen molar-refractivity contribution in [2.75, 3.05) is 5.32 Å². The van der Waals surface area contributed by atoms with Crippen molar-refractivity contribution in [3.8, 4) is 11.5 Å². The van der Waals surface area contributed by atoms with E-state index in [0.29, 0.717) is 16.9 Å². The molecule has 0 aliphatic rings. The van der Waals surface area contributed by atoms with E-state index in [2.05, 4.69) is 10.3 Å². The zero-order chi connectivity index (χ0) is 24.9. The third-order valence-corrected chi connectivity index (χ3v) is 4.75. The lowest BCUT2D eigenvalue weighted by Gasteiger charge is -2.14. The lowest BCUT2D eigenvalue weighted by Crippen LogP contribution is -2.13. The molecule has 0 atom stereocenters. The van der Waals surface area contributed by atoms with E-state index in [1.165, 1.54) is 18.3 Å². The van der Waals surface area contributed by atoms with E-state index < -0.39 is 40.0 Å². The molecule has 0 radical (unpaired) electrons. The molecule has 0 saturated heterocycles. The van der Waals surface area contributed by atoms with E-state index in [1.54, 1.807) is 30.3 Å². The normalized spacial score (nSPS) is 11.4. The highest BCUT2D eigenvalue weighted by atomic mass is 35.5. The predicted octanol–water partition coefficient (Wildman–Crippen LogP) is 4.79. The number of nitrogens with zero attached hydrogens (tertiary/aromatic N) is 1. The lowest BCUT2D eigenvalue weighted by molar-refractivity contribution is -0.138. The summed E-state index contributed by atoms with van der Waals surface area (Å²) in [7, 11) is 0. The minimum atomic E-state index is -4.89. The van der Waals surface area contributed by atoms with Crippen molar-refractivity contribution in [1.82, 2.24) is 4.98 Å². The van der Waals surface area contributed by atoms with Crippen LogP contribution >= 0.6 is 11.6 Å². The lowest BCUT2D eigenvalue weighted by atomic mass is 10.1. The largest absolute Gasteiger partial charge is 0.505 e. The molecule has 34 heavy (non-hydrogen) atoms. The number of anilines is 1. The maximum Gasteiger partial charge on any atom is 0.421 e. The number of aromatic nitrogens is 1. The molecular weight excluding hydrogens is 475 g/mol. The van der Waals surface area contributed by atoms with Gasteiger partial charge >= 0.3 is 6.18 Å². The van der Waals surface area contributed by atoms with Crippen molar-refractivity contribution < 1.29 is 32.6 Å². The number of nitrogens with one attached hydrogen (secondary N) is 1. The van der Waals surface area contributed by atoms with Gasteiger partial charge in [-0.25, -0.2) is 0 Å². The molecule has 1 heterocycles. The molecule has 2 amide bonds. The van der Waals surface area contributed by atoms with E-state index in [9.17, 15) is 27.9 Å². The molecule has 2 aromatic carbocycles. The number of carbonyl (C=O) groups is 2. The number of phenolic OH excluding ortho intramolecular Hbond substituents is 1. The van der Waals surface area contributed by atoms with Crippen LogP contribution in [0.5, 0.6) is 11.5 Å². The predicted molar refractivity (Wildman–Crippen MR) is 119 cm³/mol. The van der Waals surface area contributed by atoms with Crippen LogP contribution in [0, 0.1) is 0 Å². The summed E-state index contributed by atoms with van der Waals surface area (Å²) in [5.74, 6) is -2.14. The third kappa shape index (κ3) is 6.26. The molecule has 0 bridgehead atoms. The van der Waals surface area contributed by atoms with Gasteiger partial charge in [0.15, 0.2) is 5.75 Å². The second-order valence-electron chi connectivity index (χ2n) is 6.91. The van der Waals surface area contributed by atoms with Crippen molar-refractivity contribution in [3.63, 3.8) is 0 Å². The molecular formula is C23H17ClF3N3O4. The Morgan fingerprint density at radius 1 is 1.18 bits per heavy atom. The summed E-state index contributed by atoms with van der Waals surface area (Å²) in [6.07, 6.45) is -0.956. The van der Waals surface area contributed by atoms with Gasteiger partial charge < -0.3 is 20.9 Å². The van der Waals surface area contributed by atoms with E-state index >= 15 is 0 Å². The SMILES string of the molecule is NC(=O)c1cc(COc2cccc(C=CC(=O)Nc3ccc(Cl)c(C(F)(F)F)c3O)c2)ccn1. The van der Waals surface area contributed by atoms with Gasteiger partial charge in [-0.05, 0) is 53.6 Å². The first kappa shape index (κ1) is 24.6. The minimum Gasteiger partial charge on any atom is -0.505 e. The molecule has 4 N–H and O–H groups in total. The summed E-state index contributed by atoms with van der Waals surface area (Å²) in [6.45, 7) is 0.133. The Morgan fingerprint density at radius 2 is 1.94 bits per heavy atom. The van der Waals surface area contributed by atoms with Crippen LogP contribution < -0.4 is 15.8 Å². The Bertz CT molecular complexity index is 1260. The van der Waals surface area contributed by atoms with Gasteiger partial charge in [-0.2, -0.15) is 13.2 Å². The number of halogens is 4. The number of amides is 2. The number of nitrogens with two attached hydrogens (primary N) is 1. The molecule has 3 rings (SSSR count). The van der Waals surface area contributed by atoms with Gasteiger partial charge in [0.1, 0.15) is 23.6 Å². The second kappa shape index (κ2) is 10.3. The molecule has 11 heteroatoms. The first-order valence-corrected chi connectivity index (χ1v) is 9.97. The summed E-state index contributed by atoms with van der Waals surface area (Å²) >= 11 is 5.52. The molecule has 0 aliphatic carbocycles. The Kier molecular flexibility index (Phi) is 7.42. The number of aromatic hydroxyl groups is 1. The quantitative estimate of drug-likeness (QED) is 0.325. The average molecular weight is 492 g/mol. The molecule has 0 fully saturated rings. The standard InChI is InChI=1S/C23H17ClF3N3O4/c24-16-5-6-17(21(32)20(16)23(25,26)27)30-19(31)7-4-13-2-1-3-15(10-13)34-12-14-8-9-29-18(11-14)22(28)33/h1-11,32H,12H2,(H2,28,33)(H,30,31). The summed E-state index contributed by atoms with van der Waals surface area (Å²) in [5, 5.41) is 11.4. The smallest absolute Gasteiger partial charge is 0.421 e. The number of pyridine rings is 1. The molecule has 3 aromatic rings. The minimum absolute atomic E-state index is 0.109. The number of primary amides is 1. The highest BCUT2D eigenvalue weighted by Gasteiger charge is 2.37. The molecule has 7 nitrogen and oxygen atoms in total. The third-order valence-electron chi connectivity index (χ3n) is 4.44. The molecule has 176 valence electrons. The first-order valence-electron chi connectivity index (χ1n) is 9.60.